The summed E-state index contributed by atoms with van der Waals surface area (Å²) >= 11 is 6.13. The number of para-hydroxylation sites is 1. The van der Waals surface area contributed by atoms with Crippen molar-refractivity contribution in [2.75, 3.05) is 5.32 Å². The Labute approximate surface area is 141 Å². The van der Waals surface area contributed by atoms with Gasteiger partial charge >= 0.3 is 6.36 Å². The summed E-state index contributed by atoms with van der Waals surface area (Å²) in [6.45, 7) is 1.68. The van der Waals surface area contributed by atoms with Gasteiger partial charge in [-0.1, -0.05) is 23.7 Å². The fraction of sp³-hybridized carbons (Fsp3) is 0.118. The predicted molar refractivity (Wildman–Crippen MR) is 87.9 cm³/mol. The molecule has 7 heteroatoms. The van der Waals surface area contributed by atoms with Crippen LogP contribution in [0, 0.1) is 6.92 Å². The Bertz CT molecular complexity index is 897. The Kier molecular flexibility index (Phi) is 4.24. The van der Waals surface area contributed by atoms with Crippen LogP contribution in [0.4, 0.5) is 24.7 Å². The average Bonchev–Trinajstić information content (AvgIpc) is 2.49. The zero-order chi connectivity index (χ0) is 17.3. The van der Waals surface area contributed by atoms with Crippen molar-refractivity contribution in [1.82, 2.24) is 4.98 Å². The number of halogens is 4. The lowest BCUT2D eigenvalue weighted by molar-refractivity contribution is -0.274. The van der Waals surface area contributed by atoms with Gasteiger partial charge in [0, 0.05) is 11.1 Å². The van der Waals surface area contributed by atoms with Gasteiger partial charge in [-0.3, -0.25) is 0 Å². The number of aromatic nitrogens is 1. The number of alkyl halides is 3. The molecule has 1 N–H and O–H groups in total. The van der Waals surface area contributed by atoms with Crippen molar-refractivity contribution >= 4 is 34.0 Å². The van der Waals surface area contributed by atoms with Gasteiger partial charge in [0.2, 0.25) is 0 Å². The molecule has 0 aliphatic carbocycles. The van der Waals surface area contributed by atoms with E-state index in [1.165, 1.54) is 18.2 Å². The van der Waals surface area contributed by atoms with Crippen LogP contribution in [-0.2, 0) is 0 Å². The minimum atomic E-state index is -4.71. The van der Waals surface area contributed by atoms with E-state index in [0.29, 0.717) is 27.6 Å². The smallest absolute Gasteiger partial charge is 0.406 e. The van der Waals surface area contributed by atoms with E-state index < -0.39 is 6.36 Å². The molecule has 24 heavy (non-hydrogen) atoms. The standard InChI is InChI=1S/C17H12ClF3N2O/c1-10-9-12(24-17(19,20)21)6-7-14(10)22-15-8-5-11-3-2-4-13(18)16(11)23-15/h2-9H,1H3,(H,22,23). The number of anilines is 2. The van der Waals surface area contributed by atoms with E-state index in [1.807, 2.05) is 18.2 Å². The highest BCUT2D eigenvalue weighted by molar-refractivity contribution is 6.35. The summed E-state index contributed by atoms with van der Waals surface area (Å²) in [6.07, 6.45) is -4.71. The Morgan fingerprint density at radius 3 is 2.58 bits per heavy atom. The topological polar surface area (TPSA) is 34.1 Å². The Balaban J connectivity index is 1.87. The van der Waals surface area contributed by atoms with E-state index in [0.717, 1.165) is 5.39 Å². The van der Waals surface area contributed by atoms with Gasteiger partial charge in [-0.15, -0.1) is 13.2 Å². The van der Waals surface area contributed by atoms with Gasteiger partial charge in [0.15, 0.2) is 0 Å². The SMILES string of the molecule is Cc1cc(OC(F)(F)F)ccc1Nc1ccc2cccc(Cl)c2n1. The number of hydrogen-bond acceptors (Lipinski definition) is 3. The van der Waals surface area contributed by atoms with Crippen LogP contribution in [0.5, 0.6) is 5.75 Å². The van der Waals surface area contributed by atoms with Crippen LogP contribution in [0.15, 0.2) is 48.5 Å². The summed E-state index contributed by atoms with van der Waals surface area (Å²) in [6, 6.07) is 13.2. The molecule has 0 amide bonds. The average molecular weight is 353 g/mol. The number of rotatable bonds is 3. The second-order valence-corrected chi connectivity index (χ2v) is 5.56. The predicted octanol–water partition coefficient (Wildman–Crippen LogP) is 5.84. The summed E-state index contributed by atoms with van der Waals surface area (Å²) in [7, 11) is 0. The van der Waals surface area contributed by atoms with Crippen LogP contribution >= 0.6 is 11.6 Å². The molecule has 0 aliphatic heterocycles. The molecule has 0 bridgehead atoms. The minimum absolute atomic E-state index is 0.264. The van der Waals surface area contributed by atoms with Crippen molar-refractivity contribution < 1.29 is 17.9 Å². The molecule has 3 aromatic rings. The molecule has 0 saturated heterocycles. The van der Waals surface area contributed by atoms with Crippen LogP contribution in [0.25, 0.3) is 10.9 Å². The van der Waals surface area contributed by atoms with Crippen LogP contribution in [-0.4, -0.2) is 11.3 Å². The van der Waals surface area contributed by atoms with E-state index in [-0.39, 0.29) is 5.75 Å². The zero-order valence-corrected chi connectivity index (χ0v) is 13.2. The van der Waals surface area contributed by atoms with E-state index in [4.69, 9.17) is 11.6 Å². The highest BCUT2D eigenvalue weighted by Gasteiger charge is 2.31. The molecule has 0 fully saturated rings. The van der Waals surface area contributed by atoms with Crippen molar-refractivity contribution in [3.8, 4) is 5.75 Å². The second kappa shape index (κ2) is 6.20. The maximum atomic E-state index is 12.2. The third-order valence-electron chi connectivity index (χ3n) is 3.37. The summed E-state index contributed by atoms with van der Waals surface area (Å²) in [5.41, 5.74) is 1.88. The van der Waals surface area contributed by atoms with Crippen molar-refractivity contribution in [3.63, 3.8) is 0 Å². The number of hydrogen-bond donors (Lipinski definition) is 1. The first-order valence-electron chi connectivity index (χ1n) is 7.00. The number of nitrogens with zero attached hydrogens (tertiary/aromatic N) is 1. The normalized spacial score (nSPS) is 11.5. The monoisotopic (exact) mass is 352 g/mol. The molecular weight excluding hydrogens is 341 g/mol. The third kappa shape index (κ3) is 3.71. The number of pyridine rings is 1. The molecular formula is C17H12ClF3N2O. The Morgan fingerprint density at radius 1 is 1.08 bits per heavy atom. The largest absolute Gasteiger partial charge is 0.573 e. The van der Waals surface area contributed by atoms with Crippen LogP contribution in [0.2, 0.25) is 5.02 Å². The quantitative estimate of drug-likeness (QED) is 0.643. The number of ether oxygens (including phenoxy) is 1. The fourth-order valence-electron chi connectivity index (χ4n) is 2.29. The first kappa shape index (κ1) is 16.4. The molecule has 0 radical (unpaired) electrons. The minimum Gasteiger partial charge on any atom is -0.406 e. The van der Waals surface area contributed by atoms with Gasteiger partial charge < -0.3 is 10.1 Å². The number of fused-ring (bicyclic) bond motifs is 1. The molecule has 1 heterocycles. The molecule has 1 aromatic heterocycles. The van der Waals surface area contributed by atoms with E-state index in [1.54, 1.807) is 19.1 Å². The summed E-state index contributed by atoms with van der Waals surface area (Å²) < 4.78 is 40.6. The fourth-order valence-corrected chi connectivity index (χ4v) is 2.52. The van der Waals surface area contributed by atoms with Crippen molar-refractivity contribution in [1.29, 1.82) is 0 Å². The van der Waals surface area contributed by atoms with Crippen LogP contribution in [0.3, 0.4) is 0 Å². The molecule has 0 aliphatic rings. The molecule has 0 spiro atoms. The number of benzene rings is 2. The first-order chi connectivity index (χ1) is 11.3. The summed E-state index contributed by atoms with van der Waals surface area (Å²) in [4.78, 5) is 4.44. The maximum Gasteiger partial charge on any atom is 0.573 e. The van der Waals surface area contributed by atoms with E-state index >= 15 is 0 Å². The first-order valence-corrected chi connectivity index (χ1v) is 7.38. The van der Waals surface area contributed by atoms with Crippen LogP contribution in [0.1, 0.15) is 5.56 Å². The van der Waals surface area contributed by atoms with Crippen molar-refractivity contribution in [2.24, 2.45) is 0 Å². The third-order valence-corrected chi connectivity index (χ3v) is 3.67. The van der Waals surface area contributed by atoms with Gasteiger partial charge in [0.25, 0.3) is 0 Å². The van der Waals surface area contributed by atoms with Gasteiger partial charge in [-0.25, -0.2) is 4.98 Å². The molecule has 0 unspecified atom stereocenters. The van der Waals surface area contributed by atoms with Gasteiger partial charge in [-0.2, -0.15) is 0 Å². The second-order valence-electron chi connectivity index (χ2n) is 5.16. The molecule has 124 valence electrons. The molecule has 0 atom stereocenters. The number of aryl methyl sites for hydroxylation is 1. The maximum absolute atomic E-state index is 12.2. The van der Waals surface area contributed by atoms with Crippen molar-refractivity contribution in [2.45, 2.75) is 13.3 Å². The molecule has 3 nitrogen and oxygen atoms in total. The van der Waals surface area contributed by atoms with Crippen LogP contribution < -0.4 is 10.1 Å². The molecule has 0 saturated carbocycles. The van der Waals surface area contributed by atoms with Gasteiger partial charge in [0.1, 0.15) is 11.6 Å². The van der Waals surface area contributed by atoms with Crippen molar-refractivity contribution in [3.05, 3.63) is 59.1 Å². The van der Waals surface area contributed by atoms with Gasteiger partial charge in [0.05, 0.1) is 10.5 Å². The van der Waals surface area contributed by atoms with Gasteiger partial charge in [-0.05, 0) is 48.9 Å². The summed E-state index contributed by atoms with van der Waals surface area (Å²) in [5.74, 6) is 0.281. The Morgan fingerprint density at radius 2 is 1.88 bits per heavy atom. The molecule has 3 rings (SSSR count). The van der Waals surface area contributed by atoms with E-state index in [9.17, 15) is 13.2 Å². The number of nitrogens with one attached hydrogen (secondary N) is 1. The lowest BCUT2D eigenvalue weighted by atomic mass is 10.2. The highest BCUT2D eigenvalue weighted by atomic mass is 35.5. The highest BCUT2D eigenvalue weighted by Crippen LogP contribution is 2.29. The lowest BCUT2D eigenvalue weighted by Gasteiger charge is -2.13. The zero-order valence-electron chi connectivity index (χ0n) is 12.5. The molecule has 2 aromatic carbocycles. The Hall–Kier alpha value is -2.47. The van der Waals surface area contributed by atoms with E-state index in [2.05, 4.69) is 15.0 Å². The summed E-state index contributed by atoms with van der Waals surface area (Å²) in [5, 5.41) is 4.51. The lowest BCUT2D eigenvalue weighted by Crippen LogP contribution is -2.17.